The molecule has 0 aliphatic carbocycles. The second kappa shape index (κ2) is 6.32. The van der Waals surface area contributed by atoms with E-state index < -0.39 is 10.0 Å². The minimum atomic E-state index is -3.12. The maximum Gasteiger partial charge on any atom is 0.211 e. The summed E-state index contributed by atoms with van der Waals surface area (Å²) >= 11 is 0. The van der Waals surface area contributed by atoms with Gasteiger partial charge < -0.3 is 4.74 Å². The van der Waals surface area contributed by atoms with Crippen molar-refractivity contribution in [1.29, 1.82) is 0 Å². The molecule has 0 bridgehead atoms. The van der Waals surface area contributed by atoms with Crippen LogP contribution in [-0.2, 0) is 10.0 Å². The second-order valence-electron chi connectivity index (χ2n) is 4.98. The molecule has 20 heavy (non-hydrogen) atoms. The van der Waals surface area contributed by atoms with E-state index in [4.69, 9.17) is 4.74 Å². The lowest BCUT2D eigenvalue weighted by Crippen LogP contribution is -2.40. The smallest absolute Gasteiger partial charge is 0.211 e. The van der Waals surface area contributed by atoms with Gasteiger partial charge in [-0.1, -0.05) is 0 Å². The van der Waals surface area contributed by atoms with Crippen molar-refractivity contribution in [3.63, 3.8) is 0 Å². The normalized spacial score (nSPS) is 20.6. The molecule has 2 heterocycles. The number of carbonyl (C=O) groups is 1. The molecular weight excluding hydrogens is 280 g/mol. The average Bonchev–Trinajstić information content (AvgIpc) is 2.45. The van der Waals surface area contributed by atoms with Gasteiger partial charge in [-0.15, -0.1) is 0 Å². The Labute approximate surface area is 118 Å². The first-order chi connectivity index (χ1) is 9.49. The molecule has 1 aromatic heterocycles. The zero-order valence-electron chi connectivity index (χ0n) is 11.4. The van der Waals surface area contributed by atoms with Crippen LogP contribution < -0.4 is 4.74 Å². The van der Waals surface area contributed by atoms with E-state index in [0.717, 1.165) is 12.8 Å². The average molecular weight is 298 g/mol. The van der Waals surface area contributed by atoms with Gasteiger partial charge in [0, 0.05) is 19.0 Å². The molecule has 1 atom stereocenters. The Morgan fingerprint density at radius 3 is 2.90 bits per heavy atom. The molecule has 1 aromatic rings. The van der Waals surface area contributed by atoms with E-state index in [1.165, 1.54) is 16.8 Å². The molecule has 1 aliphatic heterocycles. The van der Waals surface area contributed by atoms with Crippen molar-refractivity contribution in [2.75, 3.05) is 26.0 Å². The molecular formula is C13H18N2O4S. The van der Waals surface area contributed by atoms with Gasteiger partial charge in [0.15, 0.2) is 6.29 Å². The lowest BCUT2D eigenvalue weighted by atomic mass is 10.0. The molecule has 0 spiro atoms. The maximum absolute atomic E-state index is 11.5. The highest BCUT2D eigenvalue weighted by atomic mass is 32.2. The van der Waals surface area contributed by atoms with Gasteiger partial charge in [0.25, 0.3) is 0 Å². The molecule has 1 fully saturated rings. The van der Waals surface area contributed by atoms with E-state index in [9.17, 15) is 13.2 Å². The van der Waals surface area contributed by atoms with Crippen LogP contribution in [0.25, 0.3) is 0 Å². The first-order valence-electron chi connectivity index (χ1n) is 6.48. The van der Waals surface area contributed by atoms with Gasteiger partial charge in [0.1, 0.15) is 11.4 Å². The summed E-state index contributed by atoms with van der Waals surface area (Å²) in [6.07, 6.45) is 5.21. The van der Waals surface area contributed by atoms with Gasteiger partial charge in [-0.2, -0.15) is 0 Å². The molecule has 0 saturated carbocycles. The summed E-state index contributed by atoms with van der Waals surface area (Å²) in [6.45, 7) is 1.54. The fourth-order valence-corrected chi connectivity index (χ4v) is 3.17. The van der Waals surface area contributed by atoms with E-state index >= 15 is 0 Å². The number of aromatic nitrogens is 1. The van der Waals surface area contributed by atoms with Crippen molar-refractivity contribution < 1.29 is 17.9 Å². The number of nitrogens with zero attached hydrogens (tertiary/aromatic N) is 2. The van der Waals surface area contributed by atoms with Crippen LogP contribution in [0.15, 0.2) is 18.3 Å². The number of sulfonamides is 1. The third-order valence-electron chi connectivity index (χ3n) is 3.32. The van der Waals surface area contributed by atoms with Crippen LogP contribution in [-0.4, -0.2) is 49.9 Å². The molecule has 0 amide bonds. The van der Waals surface area contributed by atoms with Gasteiger partial charge in [-0.3, -0.25) is 4.79 Å². The number of hydrogen-bond acceptors (Lipinski definition) is 5. The minimum absolute atomic E-state index is 0.184. The SMILES string of the molecule is CS(=O)(=O)N1CCCC(COc2ccc(C=O)nc2)C1. The van der Waals surface area contributed by atoms with Gasteiger partial charge in [-0.05, 0) is 25.0 Å². The topological polar surface area (TPSA) is 76.6 Å². The summed E-state index contributed by atoms with van der Waals surface area (Å²) in [5.41, 5.74) is 0.360. The highest BCUT2D eigenvalue weighted by Crippen LogP contribution is 2.20. The van der Waals surface area contributed by atoms with E-state index in [1.807, 2.05) is 0 Å². The van der Waals surface area contributed by atoms with Crippen LogP contribution in [0, 0.1) is 5.92 Å². The Kier molecular flexibility index (Phi) is 4.72. The van der Waals surface area contributed by atoms with Crippen LogP contribution in [0.1, 0.15) is 23.3 Å². The molecule has 1 unspecified atom stereocenters. The van der Waals surface area contributed by atoms with Gasteiger partial charge in [0.05, 0.1) is 19.1 Å². The van der Waals surface area contributed by atoms with Gasteiger partial charge >= 0.3 is 0 Å². The quantitative estimate of drug-likeness (QED) is 0.756. The molecule has 1 saturated heterocycles. The Morgan fingerprint density at radius 2 is 2.30 bits per heavy atom. The molecule has 2 rings (SSSR count). The number of aldehydes is 1. The van der Waals surface area contributed by atoms with Crippen molar-refractivity contribution in [2.45, 2.75) is 12.8 Å². The molecule has 1 aliphatic rings. The zero-order valence-corrected chi connectivity index (χ0v) is 12.2. The highest BCUT2D eigenvalue weighted by molar-refractivity contribution is 7.88. The summed E-state index contributed by atoms with van der Waals surface area (Å²) in [7, 11) is -3.12. The van der Waals surface area contributed by atoms with Crippen LogP contribution in [0.5, 0.6) is 5.75 Å². The van der Waals surface area contributed by atoms with Crippen LogP contribution in [0.3, 0.4) is 0 Å². The summed E-state index contributed by atoms with van der Waals surface area (Å²) in [4.78, 5) is 14.4. The summed E-state index contributed by atoms with van der Waals surface area (Å²) in [5, 5.41) is 0. The molecule has 110 valence electrons. The first kappa shape index (κ1) is 14.9. The number of ether oxygens (including phenoxy) is 1. The number of hydrogen-bond donors (Lipinski definition) is 0. The van der Waals surface area contributed by atoms with Crippen molar-refractivity contribution in [3.8, 4) is 5.75 Å². The highest BCUT2D eigenvalue weighted by Gasteiger charge is 2.26. The lowest BCUT2D eigenvalue weighted by molar-refractivity contribution is 0.111. The van der Waals surface area contributed by atoms with Gasteiger partial charge in [-0.25, -0.2) is 17.7 Å². The minimum Gasteiger partial charge on any atom is -0.492 e. The fraction of sp³-hybridized carbons (Fsp3) is 0.538. The van der Waals surface area contributed by atoms with E-state index in [2.05, 4.69) is 4.98 Å². The monoisotopic (exact) mass is 298 g/mol. The summed E-state index contributed by atoms with van der Waals surface area (Å²) in [6, 6.07) is 3.28. The van der Waals surface area contributed by atoms with E-state index in [-0.39, 0.29) is 5.92 Å². The number of piperidine rings is 1. The molecule has 0 N–H and O–H groups in total. The predicted molar refractivity (Wildman–Crippen MR) is 74.3 cm³/mol. The second-order valence-corrected chi connectivity index (χ2v) is 6.96. The molecule has 0 aromatic carbocycles. The molecule has 7 heteroatoms. The third-order valence-corrected chi connectivity index (χ3v) is 4.59. The number of pyridine rings is 1. The Hall–Kier alpha value is -1.47. The van der Waals surface area contributed by atoms with E-state index in [0.29, 0.717) is 37.4 Å². The molecule has 0 radical (unpaired) electrons. The third kappa shape index (κ3) is 4.01. The number of rotatable bonds is 5. The van der Waals surface area contributed by atoms with Crippen LogP contribution >= 0.6 is 0 Å². The van der Waals surface area contributed by atoms with Crippen molar-refractivity contribution in [3.05, 3.63) is 24.0 Å². The standard InChI is InChI=1S/C13H18N2O4S/c1-20(17,18)15-6-2-3-11(8-15)10-19-13-5-4-12(9-16)14-7-13/h4-5,7,9,11H,2-3,6,8,10H2,1H3. The summed E-state index contributed by atoms with van der Waals surface area (Å²) in [5.74, 6) is 0.774. The lowest BCUT2D eigenvalue weighted by Gasteiger charge is -2.30. The Balaban J connectivity index is 1.88. The van der Waals surface area contributed by atoms with E-state index in [1.54, 1.807) is 12.1 Å². The van der Waals surface area contributed by atoms with Crippen molar-refractivity contribution in [2.24, 2.45) is 5.92 Å². The Bertz CT molecular complexity index is 556. The maximum atomic E-state index is 11.5. The van der Waals surface area contributed by atoms with Crippen molar-refractivity contribution in [1.82, 2.24) is 9.29 Å². The first-order valence-corrected chi connectivity index (χ1v) is 8.33. The number of carbonyl (C=O) groups excluding carboxylic acids is 1. The summed E-state index contributed by atoms with van der Waals surface area (Å²) < 4.78 is 30.1. The molecule has 6 nitrogen and oxygen atoms in total. The van der Waals surface area contributed by atoms with Crippen LogP contribution in [0.4, 0.5) is 0 Å². The predicted octanol–water partition coefficient (Wildman–Crippen LogP) is 0.944. The Morgan fingerprint density at radius 1 is 1.50 bits per heavy atom. The van der Waals surface area contributed by atoms with Crippen LogP contribution in [0.2, 0.25) is 0 Å². The zero-order chi connectivity index (χ0) is 14.6. The largest absolute Gasteiger partial charge is 0.492 e. The fourth-order valence-electron chi connectivity index (χ4n) is 2.23. The van der Waals surface area contributed by atoms with Gasteiger partial charge in [0.2, 0.25) is 10.0 Å². The van der Waals surface area contributed by atoms with Crippen molar-refractivity contribution >= 4 is 16.3 Å².